The molecule has 13 heavy (non-hydrogen) atoms. The van der Waals surface area contributed by atoms with Crippen LogP contribution in [0.15, 0.2) is 24.3 Å². The van der Waals surface area contributed by atoms with E-state index < -0.39 is 5.97 Å². The van der Waals surface area contributed by atoms with Gasteiger partial charge in [-0.3, -0.25) is 0 Å². The molecule has 0 aliphatic carbocycles. The first-order chi connectivity index (χ1) is 4.72. The fourth-order valence-corrected chi connectivity index (χ4v) is 0.654. The van der Waals surface area contributed by atoms with Gasteiger partial charge in [0.2, 0.25) is 0 Å². The van der Waals surface area contributed by atoms with E-state index in [1.807, 2.05) is 0 Å². The molecule has 0 radical (unpaired) electrons. The van der Waals surface area contributed by atoms with E-state index in [1.54, 1.807) is 12.1 Å². The third-order valence-electron chi connectivity index (χ3n) is 1.13. The minimum atomic E-state index is -1.11. The molecule has 1 aromatic rings. The van der Waals surface area contributed by atoms with Crippen LogP contribution in [-0.2, 0) is 0 Å². The topological polar surface area (TPSA) is 89.0 Å². The number of carbonyl (C=O) groups is 1. The molecule has 64 valence electrons. The average molecular weight is 172 g/mol. The van der Waals surface area contributed by atoms with E-state index in [0.29, 0.717) is 0 Å². The van der Waals surface area contributed by atoms with Crippen LogP contribution in [0.4, 0.5) is 0 Å². The molecule has 0 amide bonds. The zero-order valence-corrected chi connectivity index (χ0v) is 7.61. The van der Waals surface area contributed by atoms with Crippen molar-refractivity contribution in [2.45, 2.75) is 0 Å². The Labute approximate surface area is 103 Å². The summed E-state index contributed by atoms with van der Waals surface area (Å²) in [6, 6.07) is 5.81. The molecule has 0 aliphatic rings. The largest absolute Gasteiger partial charge is 1.00 e. The molecule has 4 N–H and O–H groups in total. The summed E-state index contributed by atoms with van der Waals surface area (Å²) in [5, 5.41) is 17.3. The first-order valence-corrected chi connectivity index (χ1v) is 2.73. The predicted octanol–water partition coefficient (Wildman–Crippen LogP) is -5.50. The molecule has 0 bridgehead atoms. The molecule has 1 aromatic carbocycles. The van der Waals surface area contributed by atoms with E-state index in [2.05, 4.69) is 0 Å². The smallest absolute Gasteiger partial charge is 1.00 e. The number of aromatic carboxylic acids is 1. The number of benzene rings is 1. The van der Waals surface area contributed by atoms with Gasteiger partial charge in [0.15, 0.2) is 0 Å². The van der Waals surface area contributed by atoms with E-state index >= 15 is 0 Å². The van der Waals surface area contributed by atoms with Crippen molar-refractivity contribution < 1.29 is 61.1 Å². The van der Waals surface area contributed by atoms with Gasteiger partial charge in [0.05, 0.1) is 0 Å². The van der Waals surface area contributed by atoms with Crippen molar-refractivity contribution in [1.29, 1.82) is 0 Å². The number of carboxylic acid groups (broad SMARTS) is 1. The second-order valence-electron chi connectivity index (χ2n) is 1.82. The maximum absolute atomic E-state index is 10.3. The Morgan fingerprint density at radius 2 is 1.69 bits per heavy atom. The minimum Gasteiger partial charge on any atom is -1.00 e. The van der Waals surface area contributed by atoms with Crippen LogP contribution in [0.2, 0.25) is 0 Å². The first-order valence-electron chi connectivity index (χ1n) is 2.73. The zero-order valence-electron chi connectivity index (χ0n) is 9.61. The summed E-state index contributed by atoms with van der Waals surface area (Å²) in [5.41, 5.74) is -0.0671. The molecule has 0 saturated heterocycles. The summed E-state index contributed by atoms with van der Waals surface area (Å²) in [4.78, 5) is 10.3. The van der Waals surface area contributed by atoms with Gasteiger partial charge in [-0.25, -0.2) is 4.79 Å². The van der Waals surface area contributed by atoms with Gasteiger partial charge in [-0.1, -0.05) is 12.1 Å². The predicted molar refractivity (Wildman–Crippen MR) is 40.9 cm³/mol. The number of rotatable bonds is 1. The van der Waals surface area contributed by atoms with Crippen molar-refractivity contribution in [1.82, 2.24) is 0 Å². The molecule has 0 heterocycles. The maximum atomic E-state index is 10.3. The van der Waals surface area contributed by atoms with Gasteiger partial charge < -0.3 is 18.5 Å². The van der Waals surface area contributed by atoms with Crippen molar-refractivity contribution in [3.05, 3.63) is 29.8 Å². The van der Waals surface area contributed by atoms with Crippen LogP contribution in [0.25, 0.3) is 0 Å². The second kappa shape index (κ2) is 8.25. The molecule has 0 fully saturated rings. The molecule has 4 nitrogen and oxygen atoms in total. The Morgan fingerprint density at radius 1 is 1.23 bits per heavy atom. The fourth-order valence-electron chi connectivity index (χ4n) is 0.654. The van der Waals surface area contributed by atoms with Crippen molar-refractivity contribution in [2.75, 3.05) is 0 Å². The van der Waals surface area contributed by atoms with Crippen molar-refractivity contribution >= 4 is 5.97 Å². The molecule has 6 heteroatoms. The number of carboxylic acids is 1. The zero-order chi connectivity index (χ0) is 7.56. The molecule has 0 aliphatic heterocycles. The van der Waals surface area contributed by atoms with E-state index in [-0.39, 0.29) is 57.4 Å². The fraction of sp³-hybridized carbons (Fsp3) is 0. The number of para-hydroxylation sites is 1. The molecule has 0 saturated carbocycles. The van der Waals surface area contributed by atoms with Crippen molar-refractivity contribution in [2.24, 2.45) is 0 Å². The molecule has 0 spiro atoms. The van der Waals surface area contributed by atoms with Gasteiger partial charge in [0, 0.05) is 0 Å². The van der Waals surface area contributed by atoms with Crippen LogP contribution >= 0.6 is 0 Å². The van der Waals surface area contributed by atoms with Crippen LogP contribution < -0.4 is 37.7 Å². The van der Waals surface area contributed by atoms with Gasteiger partial charge in [-0.2, -0.15) is 0 Å². The Hall–Kier alpha value is -0.355. The second-order valence-corrected chi connectivity index (χ2v) is 1.82. The van der Waals surface area contributed by atoms with Crippen LogP contribution in [0.5, 0.6) is 5.75 Å². The summed E-state index contributed by atoms with van der Waals surface area (Å²) in [7, 11) is 0. The monoisotopic (exact) mass is 172 g/mol. The first kappa shape index (κ1) is 18.4. The normalized spacial score (nSPS) is 7.08. The van der Waals surface area contributed by atoms with E-state index in [4.69, 9.17) is 10.2 Å². The van der Waals surface area contributed by atoms with Gasteiger partial charge in [-0.05, 0) is 12.1 Å². The third kappa shape index (κ3) is 5.05. The molecule has 0 unspecified atom stereocenters. The van der Waals surface area contributed by atoms with Crippen molar-refractivity contribution in [3.63, 3.8) is 0 Å². The summed E-state index contributed by atoms with van der Waals surface area (Å²) in [6.45, 7) is 0. The third-order valence-corrected chi connectivity index (χ3v) is 1.13. The quantitative estimate of drug-likeness (QED) is 0.414. The number of phenols is 1. The Kier molecular flexibility index (Phi) is 11.7. The van der Waals surface area contributed by atoms with Crippen LogP contribution in [-0.4, -0.2) is 21.7 Å². The number of hydrogen-bond donors (Lipinski definition) is 2. The molecule has 0 aromatic heterocycles. The van der Waals surface area contributed by atoms with Crippen LogP contribution in [0.1, 0.15) is 13.2 Å². The summed E-state index contributed by atoms with van der Waals surface area (Å²) in [5.74, 6) is -1.31. The van der Waals surface area contributed by atoms with Gasteiger partial charge in [-0.15, -0.1) is 0 Å². The average Bonchev–Trinajstić information content (AvgIpc) is 1.88. The SMILES string of the molecule is O.O=C(O)c1ccccc1O.[H-].[H-].[Li+].[Li+]. The van der Waals surface area contributed by atoms with Crippen LogP contribution in [0, 0.1) is 0 Å². The summed E-state index contributed by atoms with van der Waals surface area (Å²) >= 11 is 0. The van der Waals surface area contributed by atoms with E-state index in [0.717, 1.165) is 0 Å². The molecule has 1 rings (SSSR count). The van der Waals surface area contributed by atoms with E-state index in [9.17, 15) is 4.79 Å². The standard InChI is InChI=1S/C7H6O3.2Li.H2O.2H/c8-6-4-2-1-3-5(6)7(9)10;;;;;/h1-4,8H,(H,9,10);;;1H2;;/q;2*+1;;2*-1. The molecule has 0 atom stereocenters. The van der Waals surface area contributed by atoms with Gasteiger partial charge >= 0.3 is 43.7 Å². The Balaban J connectivity index is -0.0000000667. The number of aromatic hydroxyl groups is 1. The van der Waals surface area contributed by atoms with Gasteiger partial charge in [0.1, 0.15) is 11.3 Å². The number of hydrogen-bond acceptors (Lipinski definition) is 2. The van der Waals surface area contributed by atoms with Gasteiger partial charge in [0.25, 0.3) is 0 Å². The Bertz CT molecular complexity index is 273. The van der Waals surface area contributed by atoms with Crippen molar-refractivity contribution in [3.8, 4) is 5.75 Å². The molecular weight excluding hydrogens is 162 g/mol. The minimum absolute atomic E-state index is 0. The molecular formula is C7H10Li2O4. The van der Waals surface area contributed by atoms with Crippen LogP contribution in [0.3, 0.4) is 0 Å². The maximum Gasteiger partial charge on any atom is 1.00 e. The Morgan fingerprint density at radius 3 is 2.00 bits per heavy atom. The summed E-state index contributed by atoms with van der Waals surface area (Å²) in [6.07, 6.45) is 0. The summed E-state index contributed by atoms with van der Waals surface area (Å²) < 4.78 is 0. The van der Waals surface area contributed by atoms with E-state index in [1.165, 1.54) is 12.1 Å².